The maximum absolute atomic E-state index is 11.5. The number of ether oxygens (including phenoxy) is 1. The van der Waals surface area contributed by atoms with Crippen LogP contribution in [0.2, 0.25) is 0 Å². The van der Waals surface area contributed by atoms with Crippen molar-refractivity contribution in [1.29, 1.82) is 0 Å². The molecule has 1 atom stereocenters. The van der Waals surface area contributed by atoms with Crippen LogP contribution >= 0.6 is 0 Å². The minimum Gasteiger partial charge on any atom is -0.383 e. The van der Waals surface area contributed by atoms with E-state index in [9.17, 15) is 8.42 Å². The molecule has 5 nitrogen and oxygen atoms in total. The van der Waals surface area contributed by atoms with Gasteiger partial charge in [-0.05, 0) is 20.8 Å². The molecule has 0 rings (SSSR count). The van der Waals surface area contributed by atoms with E-state index in [4.69, 9.17) is 4.74 Å². The van der Waals surface area contributed by atoms with Crippen molar-refractivity contribution >= 4 is 9.84 Å². The third kappa shape index (κ3) is 6.98. The second-order valence-corrected chi connectivity index (χ2v) is 7.66. The third-order valence-electron chi connectivity index (χ3n) is 2.81. The fourth-order valence-corrected chi connectivity index (χ4v) is 1.46. The van der Waals surface area contributed by atoms with Gasteiger partial charge < -0.3 is 15.4 Å². The third-order valence-corrected chi connectivity index (χ3v) is 4.97. The molecule has 0 heterocycles. The molecule has 2 N–H and O–H groups in total. The summed E-state index contributed by atoms with van der Waals surface area (Å²) in [6.07, 6.45) is 1.27. The van der Waals surface area contributed by atoms with Crippen LogP contribution in [-0.4, -0.2) is 58.8 Å². The molecule has 0 aromatic rings. The maximum atomic E-state index is 11.5. The first-order valence-corrected chi connectivity index (χ1v) is 7.72. The Morgan fingerprint density at radius 3 is 2.41 bits per heavy atom. The van der Waals surface area contributed by atoms with E-state index in [1.54, 1.807) is 21.0 Å². The average Bonchev–Trinajstić information content (AvgIpc) is 2.20. The van der Waals surface area contributed by atoms with Gasteiger partial charge in [-0.2, -0.15) is 0 Å². The summed E-state index contributed by atoms with van der Waals surface area (Å²) in [6.45, 7) is 8.24. The molecule has 0 spiro atoms. The molecule has 0 aliphatic heterocycles. The van der Waals surface area contributed by atoms with E-state index in [2.05, 4.69) is 10.6 Å². The van der Waals surface area contributed by atoms with Crippen LogP contribution in [0, 0.1) is 0 Å². The fraction of sp³-hybridized carbons (Fsp3) is 1.00. The Labute approximate surface area is 105 Å². The van der Waals surface area contributed by atoms with E-state index in [-0.39, 0.29) is 6.04 Å². The van der Waals surface area contributed by atoms with Crippen molar-refractivity contribution in [2.24, 2.45) is 0 Å². The van der Waals surface area contributed by atoms with E-state index in [0.29, 0.717) is 13.2 Å². The molecule has 104 valence electrons. The number of nitrogens with one attached hydrogen (secondary N) is 2. The quantitative estimate of drug-likeness (QED) is 0.576. The standard InChI is InChI=1S/C11H26N2O3S/c1-10(8-12-6-7-16-4)13-9-11(2,3)17(5,14)15/h10,12-13H,6-9H2,1-5H3. The van der Waals surface area contributed by atoms with Gasteiger partial charge in [0.15, 0.2) is 9.84 Å². The minimum absolute atomic E-state index is 0.230. The topological polar surface area (TPSA) is 67.4 Å². The van der Waals surface area contributed by atoms with E-state index >= 15 is 0 Å². The van der Waals surface area contributed by atoms with E-state index in [1.807, 2.05) is 6.92 Å². The normalized spacial score (nSPS) is 14.9. The molecule has 6 heteroatoms. The molecule has 0 aromatic heterocycles. The molecule has 0 aliphatic rings. The zero-order chi connectivity index (χ0) is 13.5. The smallest absolute Gasteiger partial charge is 0.153 e. The molecular weight excluding hydrogens is 240 g/mol. The van der Waals surface area contributed by atoms with Crippen molar-refractivity contribution in [1.82, 2.24) is 10.6 Å². The van der Waals surface area contributed by atoms with Crippen molar-refractivity contribution in [3.8, 4) is 0 Å². The number of hydrogen-bond donors (Lipinski definition) is 2. The highest BCUT2D eigenvalue weighted by molar-refractivity contribution is 7.92. The molecule has 0 amide bonds. The summed E-state index contributed by atoms with van der Waals surface area (Å²) in [7, 11) is -1.37. The second kappa shape index (κ2) is 7.31. The zero-order valence-corrected chi connectivity index (χ0v) is 12.4. The van der Waals surface area contributed by atoms with Crippen molar-refractivity contribution in [3.05, 3.63) is 0 Å². The second-order valence-electron chi connectivity index (χ2n) is 5.01. The van der Waals surface area contributed by atoms with Crippen molar-refractivity contribution in [2.45, 2.75) is 31.6 Å². The van der Waals surface area contributed by atoms with Crippen molar-refractivity contribution in [3.63, 3.8) is 0 Å². The SMILES string of the molecule is COCCNCC(C)NCC(C)(C)S(C)(=O)=O. The Kier molecular flexibility index (Phi) is 7.23. The van der Waals surface area contributed by atoms with Gasteiger partial charge in [0.25, 0.3) is 0 Å². The zero-order valence-electron chi connectivity index (χ0n) is 11.5. The van der Waals surface area contributed by atoms with E-state index < -0.39 is 14.6 Å². The number of hydrogen-bond acceptors (Lipinski definition) is 5. The molecular formula is C11H26N2O3S. The van der Waals surface area contributed by atoms with Gasteiger partial charge in [0.05, 0.1) is 11.4 Å². The lowest BCUT2D eigenvalue weighted by atomic mass is 10.2. The summed E-state index contributed by atoms with van der Waals surface area (Å²) in [5, 5.41) is 6.45. The summed E-state index contributed by atoms with van der Waals surface area (Å²) in [6, 6.07) is 0.230. The maximum Gasteiger partial charge on any atom is 0.153 e. The Morgan fingerprint density at radius 2 is 1.94 bits per heavy atom. The number of methoxy groups -OCH3 is 1. The fourth-order valence-electron chi connectivity index (χ4n) is 1.12. The molecule has 1 unspecified atom stereocenters. The Bertz CT molecular complexity index is 302. The molecule has 0 radical (unpaired) electrons. The summed E-state index contributed by atoms with van der Waals surface area (Å²) in [5.74, 6) is 0. The molecule has 0 bridgehead atoms. The Balaban J connectivity index is 3.88. The summed E-state index contributed by atoms with van der Waals surface area (Å²) < 4.78 is 27.2. The summed E-state index contributed by atoms with van der Waals surface area (Å²) in [5.41, 5.74) is 0. The van der Waals surface area contributed by atoms with Gasteiger partial charge in [-0.15, -0.1) is 0 Å². The van der Waals surface area contributed by atoms with E-state index in [1.165, 1.54) is 6.26 Å². The van der Waals surface area contributed by atoms with Gasteiger partial charge in [0, 0.05) is 39.0 Å². The summed E-state index contributed by atoms with van der Waals surface area (Å²) >= 11 is 0. The predicted octanol–water partition coefficient (Wildman–Crippen LogP) is 0.0237. The van der Waals surface area contributed by atoms with Gasteiger partial charge in [0.1, 0.15) is 0 Å². The van der Waals surface area contributed by atoms with Crippen LogP contribution in [0.4, 0.5) is 0 Å². The largest absolute Gasteiger partial charge is 0.383 e. The number of rotatable bonds is 9. The first-order valence-electron chi connectivity index (χ1n) is 5.83. The Hall–Kier alpha value is -0.170. The van der Waals surface area contributed by atoms with Crippen LogP contribution in [0.15, 0.2) is 0 Å². The van der Waals surface area contributed by atoms with Crippen LogP contribution in [0.5, 0.6) is 0 Å². The molecule has 0 aliphatic carbocycles. The monoisotopic (exact) mass is 266 g/mol. The van der Waals surface area contributed by atoms with E-state index in [0.717, 1.165) is 13.1 Å². The molecule has 0 fully saturated rings. The van der Waals surface area contributed by atoms with Gasteiger partial charge >= 0.3 is 0 Å². The van der Waals surface area contributed by atoms with Gasteiger partial charge in [-0.1, -0.05) is 0 Å². The van der Waals surface area contributed by atoms with Crippen LogP contribution in [0.1, 0.15) is 20.8 Å². The van der Waals surface area contributed by atoms with Crippen LogP contribution in [0.3, 0.4) is 0 Å². The number of sulfone groups is 1. The van der Waals surface area contributed by atoms with Crippen molar-refractivity contribution < 1.29 is 13.2 Å². The average molecular weight is 266 g/mol. The highest BCUT2D eigenvalue weighted by Gasteiger charge is 2.29. The van der Waals surface area contributed by atoms with Crippen LogP contribution < -0.4 is 10.6 Å². The molecule has 0 saturated heterocycles. The minimum atomic E-state index is -3.03. The van der Waals surface area contributed by atoms with Crippen LogP contribution in [-0.2, 0) is 14.6 Å². The lowest BCUT2D eigenvalue weighted by Gasteiger charge is -2.25. The predicted molar refractivity (Wildman–Crippen MR) is 71.1 cm³/mol. The van der Waals surface area contributed by atoms with Crippen LogP contribution in [0.25, 0.3) is 0 Å². The Morgan fingerprint density at radius 1 is 1.35 bits per heavy atom. The van der Waals surface area contributed by atoms with Gasteiger partial charge in [0.2, 0.25) is 0 Å². The molecule has 0 saturated carbocycles. The van der Waals surface area contributed by atoms with Gasteiger partial charge in [-0.3, -0.25) is 0 Å². The molecule has 17 heavy (non-hydrogen) atoms. The summed E-state index contributed by atoms with van der Waals surface area (Å²) in [4.78, 5) is 0. The highest BCUT2D eigenvalue weighted by atomic mass is 32.2. The lowest BCUT2D eigenvalue weighted by molar-refractivity contribution is 0.198. The van der Waals surface area contributed by atoms with Crippen molar-refractivity contribution in [2.75, 3.05) is 39.6 Å². The lowest BCUT2D eigenvalue weighted by Crippen LogP contribution is -2.47. The highest BCUT2D eigenvalue weighted by Crippen LogP contribution is 2.13. The molecule has 0 aromatic carbocycles. The first kappa shape index (κ1) is 16.8. The first-order chi connectivity index (χ1) is 7.70. The van der Waals surface area contributed by atoms with Gasteiger partial charge in [-0.25, -0.2) is 8.42 Å².